The third-order valence-corrected chi connectivity index (χ3v) is 4.55. The number of hydrogen-bond acceptors (Lipinski definition) is 2. The molecule has 116 valence electrons. The van der Waals surface area contributed by atoms with Crippen molar-refractivity contribution in [3.8, 4) is 0 Å². The molecule has 0 N–H and O–H groups in total. The molecule has 2 nitrogen and oxygen atoms in total. The van der Waals surface area contributed by atoms with Crippen LogP contribution in [0.25, 0.3) is 0 Å². The summed E-state index contributed by atoms with van der Waals surface area (Å²) < 4.78 is 0. The molecular weight excluding hydrogens is 256 g/mol. The summed E-state index contributed by atoms with van der Waals surface area (Å²) in [7, 11) is 0. The summed E-state index contributed by atoms with van der Waals surface area (Å²) in [6, 6.07) is 0. The van der Waals surface area contributed by atoms with Crippen LogP contribution in [0.1, 0.15) is 20.3 Å². The van der Waals surface area contributed by atoms with E-state index < -0.39 is 0 Å². The lowest BCUT2D eigenvalue weighted by Crippen LogP contribution is -2.47. The van der Waals surface area contributed by atoms with Crippen molar-refractivity contribution in [2.75, 3.05) is 39.3 Å². The van der Waals surface area contributed by atoms with Crippen molar-refractivity contribution in [3.05, 3.63) is 48.6 Å². The lowest BCUT2D eigenvalue weighted by molar-refractivity contribution is 0.128. The zero-order valence-corrected chi connectivity index (χ0v) is 13.7. The van der Waals surface area contributed by atoms with E-state index in [0.29, 0.717) is 11.8 Å². The van der Waals surface area contributed by atoms with Gasteiger partial charge in [0.05, 0.1) is 0 Å². The Morgan fingerprint density at radius 2 is 1.57 bits per heavy atom. The van der Waals surface area contributed by atoms with Gasteiger partial charge in [-0.2, -0.15) is 0 Å². The van der Waals surface area contributed by atoms with E-state index in [1.807, 2.05) is 0 Å². The summed E-state index contributed by atoms with van der Waals surface area (Å²) in [5.41, 5.74) is 1.39. The van der Waals surface area contributed by atoms with Crippen LogP contribution in [0.15, 0.2) is 48.6 Å². The van der Waals surface area contributed by atoms with Crippen LogP contribution in [-0.4, -0.2) is 49.1 Å². The first-order valence-corrected chi connectivity index (χ1v) is 8.29. The van der Waals surface area contributed by atoms with Crippen molar-refractivity contribution in [2.45, 2.75) is 20.3 Å². The second-order valence-corrected chi connectivity index (χ2v) is 6.52. The third kappa shape index (κ3) is 5.64. The predicted molar refractivity (Wildman–Crippen MR) is 92.4 cm³/mol. The highest BCUT2D eigenvalue weighted by molar-refractivity contribution is 5.19. The SMILES string of the molecule is C=C(CCN1CCN(CC2C=CC=CC=C2)CC1)C(C)C. The molecule has 0 saturated carbocycles. The van der Waals surface area contributed by atoms with Gasteiger partial charge in [0.25, 0.3) is 0 Å². The van der Waals surface area contributed by atoms with Crippen LogP contribution >= 0.6 is 0 Å². The molecule has 1 aliphatic carbocycles. The van der Waals surface area contributed by atoms with Gasteiger partial charge >= 0.3 is 0 Å². The van der Waals surface area contributed by atoms with Gasteiger partial charge in [0.15, 0.2) is 0 Å². The van der Waals surface area contributed by atoms with Crippen molar-refractivity contribution in [2.24, 2.45) is 11.8 Å². The molecule has 1 heterocycles. The Kier molecular flexibility index (Phi) is 6.47. The predicted octanol–water partition coefficient (Wildman–Crippen LogP) is 3.50. The molecule has 0 bridgehead atoms. The topological polar surface area (TPSA) is 6.48 Å². The highest BCUT2D eigenvalue weighted by atomic mass is 15.3. The normalized spacial score (nSPS) is 21.1. The first-order valence-electron chi connectivity index (χ1n) is 8.29. The summed E-state index contributed by atoms with van der Waals surface area (Å²) in [5.74, 6) is 1.18. The van der Waals surface area contributed by atoms with E-state index in [-0.39, 0.29) is 0 Å². The summed E-state index contributed by atoms with van der Waals surface area (Å²) in [6.45, 7) is 15.8. The molecule has 0 spiro atoms. The molecular formula is C19H30N2. The van der Waals surface area contributed by atoms with Gasteiger partial charge in [0.2, 0.25) is 0 Å². The summed E-state index contributed by atoms with van der Waals surface area (Å²) in [5, 5.41) is 0. The van der Waals surface area contributed by atoms with Gasteiger partial charge in [-0.1, -0.05) is 62.5 Å². The summed E-state index contributed by atoms with van der Waals surface area (Å²) >= 11 is 0. The summed E-state index contributed by atoms with van der Waals surface area (Å²) in [6.07, 6.45) is 14.3. The van der Waals surface area contributed by atoms with Crippen molar-refractivity contribution >= 4 is 0 Å². The van der Waals surface area contributed by atoms with E-state index >= 15 is 0 Å². The van der Waals surface area contributed by atoms with Crippen LogP contribution < -0.4 is 0 Å². The molecule has 2 rings (SSSR count). The fourth-order valence-corrected chi connectivity index (χ4v) is 2.81. The number of nitrogens with zero attached hydrogens (tertiary/aromatic N) is 2. The number of hydrogen-bond donors (Lipinski definition) is 0. The van der Waals surface area contributed by atoms with E-state index in [4.69, 9.17) is 0 Å². The zero-order chi connectivity index (χ0) is 15.1. The second-order valence-electron chi connectivity index (χ2n) is 6.52. The number of allylic oxidation sites excluding steroid dienone is 4. The van der Waals surface area contributed by atoms with E-state index in [1.165, 1.54) is 38.3 Å². The van der Waals surface area contributed by atoms with E-state index in [1.54, 1.807) is 0 Å². The van der Waals surface area contributed by atoms with Gasteiger partial charge in [-0.25, -0.2) is 0 Å². The first-order chi connectivity index (χ1) is 10.1. The smallest absolute Gasteiger partial charge is 0.0110 e. The van der Waals surface area contributed by atoms with Crippen LogP contribution in [0.3, 0.4) is 0 Å². The quantitative estimate of drug-likeness (QED) is 0.690. The zero-order valence-electron chi connectivity index (χ0n) is 13.7. The Bertz CT molecular complexity index is 393. The number of piperazine rings is 1. The standard InChI is InChI=1S/C19H30N2/c1-17(2)18(3)10-11-20-12-14-21(15-13-20)16-19-8-6-4-5-7-9-19/h4-9,17,19H,3,10-16H2,1-2H3. The Morgan fingerprint density at radius 1 is 1.00 bits per heavy atom. The van der Waals surface area contributed by atoms with Gasteiger partial charge in [0.1, 0.15) is 0 Å². The van der Waals surface area contributed by atoms with Gasteiger partial charge < -0.3 is 4.90 Å². The van der Waals surface area contributed by atoms with Crippen molar-refractivity contribution < 1.29 is 0 Å². The molecule has 0 atom stereocenters. The molecule has 0 amide bonds. The average molecular weight is 286 g/mol. The van der Waals surface area contributed by atoms with E-state index in [2.05, 4.69) is 66.7 Å². The molecule has 0 unspecified atom stereocenters. The Morgan fingerprint density at radius 3 is 2.14 bits per heavy atom. The molecule has 0 aromatic rings. The second kappa shape index (κ2) is 8.35. The first kappa shape index (κ1) is 16.3. The molecule has 2 heteroatoms. The lowest BCUT2D eigenvalue weighted by atomic mass is 10.0. The van der Waals surface area contributed by atoms with Crippen LogP contribution in [-0.2, 0) is 0 Å². The Balaban J connectivity index is 1.67. The molecule has 2 aliphatic rings. The highest BCUT2D eigenvalue weighted by Gasteiger charge is 2.18. The molecule has 0 aromatic heterocycles. The average Bonchev–Trinajstić information content (AvgIpc) is 2.74. The Labute approximate surface area is 130 Å². The van der Waals surface area contributed by atoms with E-state index in [9.17, 15) is 0 Å². The van der Waals surface area contributed by atoms with Crippen molar-refractivity contribution in [1.82, 2.24) is 9.80 Å². The van der Waals surface area contributed by atoms with Crippen LogP contribution in [0.5, 0.6) is 0 Å². The van der Waals surface area contributed by atoms with Gasteiger partial charge in [0, 0.05) is 45.2 Å². The minimum Gasteiger partial charge on any atom is -0.300 e. The van der Waals surface area contributed by atoms with Crippen LogP contribution in [0, 0.1) is 11.8 Å². The Hall–Kier alpha value is -1.12. The minimum absolute atomic E-state index is 0.562. The van der Waals surface area contributed by atoms with Crippen molar-refractivity contribution in [1.29, 1.82) is 0 Å². The molecule has 1 aliphatic heterocycles. The maximum Gasteiger partial charge on any atom is 0.0110 e. The van der Waals surface area contributed by atoms with Crippen molar-refractivity contribution in [3.63, 3.8) is 0 Å². The van der Waals surface area contributed by atoms with Crippen LogP contribution in [0.2, 0.25) is 0 Å². The monoisotopic (exact) mass is 286 g/mol. The molecule has 1 fully saturated rings. The minimum atomic E-state index is 0.562. The molecule has 1 saturated heterocycles. The summed E-state index contributed by atoms with van der Waals surface area (Å²) in [4.78, 5) is 5.18. The highest BCUT2D eigenvalue weighted by Crippen LogP contribution is 2.14. The molecule has 0 radical (unpaired) electrons. The third-order valence-electron chi connectivity index (χ3n) is 4.55. The fraction of sp³-hybridized carbons (Fsp3) is 0.579. The van der Waals surface area contributed by atoms with Crippen LogP contribution in [0.4, 0.5) is 0 Å². The van der Waals surface area contributed by atoms with Gasteiger partial charge in [-0.3, -0.25) is 4.90 Å². The van der Waals surface area contributed by atoms with Gasteiger partial charge in [-0.15, -0.1) is 0 Å². The number of rotatable bonds is 6. The van der Waals surface area contributed by atoms with E-state index in [0.717, 1.165) is 13.0 Å². The lowest BCUT2D eigenvalue weighted by Gasteiger charge is -2.36. The largest absolute Gasteiger partial charge is 0.300 e. The molecule has 0 aromatic carbocycles. The van der Waals surface area contributed by atoms with Gasteiger partial charge in [-0.05, 0) is 12.3 Å². The maximum absolute atomic E-state index is 4.18. The molecule has 21 heavy (non-hydrogen) atoms. The fourth-order valence-electron chi connectivity index (χ4n) is 2.81. The maximum atomic E-state index is 4.18.